The minimum absolute atomic E-state index is 0.322. The SMILES string of the molecule is COc1cc(-c2nnc(CSc3cccc[n+]3[O-])o2)cc(OC)c1OC. The smallest absolute Gasteiger partial charge is 0.251 e. The monoisotopic (exact) mass is 375 g/mol. The van der Waals surface area contributed by atoms with Crippen LogP contribution in [0.2, 0.25) is 0 Å². The lowest BCUT2D eigenvalue weighted by Crippen LogP contribution is -2.27. The lowest BCUT2D eigenvalue weighted by atomic mass is 10.2. The third-order valence-corrected chi connectivity index (χ3v) is 4.51. The summed E-state index contributed by atoms with van der Waals surface area (Å²) < 4.78 is 22.5. The van der Waals surface area contributed by atoms with Crippen molar-refractivity contribution in [1.29, 1.82) is 0 Å². The lowest BCUT2D eigenvalue weighted by molar-refractivity contribution is -0.645. The highest BCUT2D eigenvalue weighted by molar-refractivity contribution is 7.98. The quantitative estimate of drug-likeness (QED) is 0.353. The topological polar surface area (TPSA) is 93.6 Å². The zero-order valence-electron chi connectivity index (χ0n) is 14.5. The van der Waals surface area contributed by atoms with Gasteiger partial charge < -0.3 is 23.8 Å². The normalized spacial score (nSPS) is 10.6. The molecule has 3 aromatic rings. The molecular formula is C17H17N3O5S. The Morgan fingerprint density at radius 3 is 2.42 bits per heavy atom. The summed E-state index contributed by atoms with van der Waals surface area (Å²) in [5.41, 5.74) is 0.641. The fraction of sp³-hybridized carbons (Fsp3) is 0.235. The molecule has 0 aliphatic rings. The van der Waals surface area contributed by atoms with E-state index in [9.17, 15) is 5.21 Å². The fourth-order valence-electron chi connectivity index (χ4n) is 2.29. The van der Waals surface area contributed by atoms with Gasteiger partial charge >= 0.3 is 0 Å². The lowest BCUT2D eigenvalue weighted by Gasteiger charge is -2.12. The number of benzene rings is 1. The number of pyridine rings is 1. The average Bonchev–Trinajstić information content (AvgIpc) is 3.15. The third-order valence-electron chi connectivity index (χ3n) is 3.51. The maximum atomic E-state index is 11.7. The molecule has 1 aromatic carbocycles. The largest absolute Gasteiger partial charge is 0.618 e. The second kappa shape index (κ2) is 7.96. The predicted octanol–water partition coefficient (Wildman–Crippen LogP) is 2.69. The van der Waals surface area contributed by atoms with Gasteiger partial charge in [-0.3, -0.25) is 0 Å². The van der Waals surface area contributed by atoms with Crippen LogP contribution in [0.4, 0.5) is 0 Å². The van der Waals surface area contributed by atoms with E-state index in [1.807, 2.05) is 0 Å². The Bertz CT molecular complexity index is 875. The third kappa shape index (κ3) is 3.67. The molecule has 136 valence electrons. The minimum Gasteiger partial charge on any atom is -0.618 e. The molecule has 9 heteroatoms. The Labute approximate surface area is 154 Å². The second-order valence-corrected chi connectivity index (χ2v) is 6.06. The van der Waals surface area contributed by atoms with Gasteiger partial charge in [0.05, 0.1) is 27.1 Å². The van der Waals surface area contributed by atoms with Crippen molar-refractivity contribution in [2.24, 2.45) is 0 Å². The van der Waals surface area contributed by atoms with E-state index in [2.05, 4.69) is 10.2 Å². The molecule has 0 bridgehead atoms. The van der Waals surface area contributed by atoms with Crippen LogP contribution in [0.15, 0.2) is 46.0 Å². The molecule has 26 heavy (non-hydrogen) atoms. The number of methoxy groups -OCH3 is 3. The van der Waals surface area contributed by atoms with Crippen molar-refractivity contribution in [3.63, 3.8) is 0 Å². The summed E-state index contributed by atoms with van der Waals surface area (Å²) in [6, 6.07) is 8.66. The van der Waals surface area contributed by atoms with Gasteiger partial charge in [0.2, 0.25) is 17.5 Å². The molecule has 0 saturated carbocycles. The van der Waals surface area contributed by atoms with Crippen LogP contribution in [-0.4, -0.2) is 31.5 Å². The molecule has 0 atom stereocenters. The first-order valence-electron chi connectivity index (χ1n) is 7.60. The highest BCUT2D eigenvalue weighted by Gasteiger charge is 2.18. The summed E-state index contributed by atoms with van der Waals surface area (Å²) in [4.78, 5) is 0. The van der Waals surface area contributed by atoms with E-state index in [0.717, 1.165) is 4.73 Å². The van der Waals surface area contributed by atoms with Crippen LogP contribution < -0.4 is 18.9 Å². The molecule has 2 aromatic heterocycles. The van der Waals surface area contributed by atoms with Crippen molar-refractivity contribution in [1.82, 2.24) is 10.2 Å². The number of hydrogen-bond acceptors (Lipinski definition) is 8. The highest BCUT2D eigenvalue weighted by Crippen LogP contribution is 2.40. The summed E-state index contributed by atoms with van der Waals surface area (Å²) in [6.07, 6.45) is 1.44. The number of nitrogens with zero attached hydrogens (tertiary/aromatic N) is 3. The molecule has 0 saturated heterocycles. The first-order valence-corrected chi connectivity index (χ1v) is 8.58. The number of aromatic nitrogens is 3. The van der Waals surface area contributed by atoms with Gasteiger partial charge in [0.15, 0.2) is 17.7 Å². The summed E-state index contributed by atoms with van der Waals surface area (Å²) >= 11 is 1.31. The summed E-state index contributed by atoms with van der Waals surface area (Å²) in [5, 5.41) is 20.3. The summed E-state index contributed by atoms with van der Waals surface area (Å²) in [5.74, 6) is 2.58. The predicted molar refractivity (Wildman–Crippen MR) is 94.4 cm³/mol. The van der Waals surface area contributed by atoms with E-state index in [4.69, 9.17) is 18.6 Å². The first kappa shape index (κ1) is 17.9. The molecule has 0 spiro atoms. The molecule has 0 aliphatic carbocycles. The number of hydrogen-bond donors (Lipinski definition) is 0. The Hall–Kier alpha value is -2.94. The van der Waals surface area contributed by atoms with Crippen LogP contribution >= 0.6 is 11.8 Å². The number of thioether (sulfide) groups is 1. The Morgan fingerprint density at radius 2 is 1.81 bits per heavy atom. The van der Waals surface area contributed by atoms with Crippen molar-refractivity contribution in [2.75, 3.05) is 21.3 Å². The van der Waals surface area contributed by atoms with Crippen LogP contribution in [-0.2, 0) is 5.75 Å². The van der Waals surface area contributed by atoms with Crippen molar-refractivity contribution < 1.29 is 23.4 Å². The van der Waals surface area contributed by atoms with Crippen molar-refractivity contribution in [3.8, 4) is 28.7 Å². The molecule has 0 unspecified atom stereocenters. The van der Waals surface area contributed by atoms with E-state index in [-0.39, 0.29) is 0 Å². The molecule has 2 heterocycles. The van der Waals surface area contributed by atoms with Crippen molar-refractivity contribution in [2.45, 2.75) is 10.8 Å². The highest BCUT2D eigenvalue weighted by atomic mass is 32.2. The summed E-state index contributed by atoms with van der Waals surface area (Å²) in [7, 11) is 4.61. The van der Waals surface area contributed by atoms with Gasteiger partial charge in [0, 0.05) is 17.7 Å². The molecular weight excluding hydrogens is 358 g/mol. The van der Waals surface area contributed by atoms with Crippen LogP contribution in [0.3, 0.4) is 0 Å². The summed E-state index contributed by atoms with van der Waals surface area (Å²) in [6.45, 7) is 0. The molecule has 0 radical (unpaired) electrons. The van der Waals surface area contributed by atoms with Gasteiger partial charge in [-0.2, -0.15) is 4.73 Å². The van der Waals surface area contributed by atoms with Crippen LogP contribution in [0.25, 0.3) is 11.5 Å². The van der Waals surface area contributed by atoms with Gasteiger partial charge in [-0.25, -0.2) is 0 Å². The Balaban J connectivity index is 1.82. The maximum absolute atomic E-state index is 11.7. The van der Waals surface area contributed by atoms with Gasteiger partial charge in [-0.05, 0) is 30.0 Å². The van der Waals surface area contributed by atoms with Crippen molar-refractivity contribution in [3.05, 3.63) is 47.6 Å². The van der Waals surface area contributed by atoms with E-state index in [0.29, 0.717) is 45.4 Å². The Kier molecular flexibility index (Phi) is 5.47. The zero-order chi connectivity index (χ0) is 18.5. The minimum atomic E-state index is 0.322. The number of ether oxygens (including phenoxy) is 3. The van der Waals surface area contributed by atoms with E-state index in [1.54, 1.807) is 30.3 Å². The second-order valence-electron chi connectivity index (χ2n) is 5.07. The first-order chi connectivity index (χ1) is 12.7. The van der Waals surface area contributed by atoms with Gasteiger partial charge in [0.25, 0.3) is 5.03 Å². The van der Waals surface area contributed by atoms with Crippen LogP contribution in [0.5, 0.6) is 17.2 Å². The van der Waals surface area contributed by atoms with Gasteiger partial charge in [-0.1, -0.05) is 0 Å². The molecule has 0 amide bonds. The fourth-order valence-corrected chi connectivity index (χ4v) is 3.04. The number of rotatable bonds is 7. The van der Waals surface area contributed by atoms with E-state index < -0.39 is 0 Å². The van der Waals surface area contributed by atoms with Crippen LogP contribution in [0, 0.1) is 5.21 Å². The van der Waals surface area contributed by atoms with Gasteiger partial charge in [0.1, 0.15) is 0 Å². The van der Waals surface area contributed by atoms with E-state index in [1.165, 1.54) is 39.3 Å². The Morgan fingerprint density at radius 1 is 1.08 bits per heavy atom. The molecule has 0 N–H and O–H groups in total. The van der Waals surface area contributed by atoms with E-state index >= 15 is 0 Å². The molecule has 0 aliphatic heterocycles. The zero-order valence-corrected chi connectivity index (χ0v) is 15.3. The molecule has 0 fully saturated rings. The van der Waals surface area contributed by atoms with Gasteiger partial charge in [-0.15, -0.1) is 10.2 Å². The molecule has 8 nitrogen and oxygen atoms in total. The van der Waals surface area contributed by atoms with Crippen molar-refractivity contribution >= 4 is 11.8 Å². The molecule has 3 rings (SSSR count). The standard InChI is InChI=1S/C17H17N3O5S/c1-22-12-8-11(9-13(23-2)16(12)24-3)17-19-18-14(25-17)10-26-15-6-4-5-7-20(15)21/h4-9H,10H2,1-3H3. The van der Waals surface area contributed by atoms with Crippen LogP contribution in [0.1, 0.15) is 5.89 Å². The maximum Gasteiger partial charge on any atom is 0.251 e. The average molecular weight is 375 g/mol.